The normalized spacial score (nSPS) is 13.1. The molecule has 14 heavy (non-hydrogen) atoms. The molecule has 0 spiro atoms. The van der Waals surface area contributed by atoms with E-state index in [0.29, 0.717) is 0 Å². The molecule has 1 unspecified atom stereocenters. The van der Waals surface area contributed by atoms with Crippen LogP contribution in [0.25, 0.3) is 0 Å². The fourth-order valence-electron chi connectivity index (χ4n) is 1.42. The van der Waals surface area contributed by atoms with Crippen molar-refractivity contribution in [2.75, 3.05) is 12.0 Å². The Kier molecular flexibility index (Phi) is 5.00. The van der Waals surface area contributed by atoms with Crippen LogP contribution in [0.1, 0.15) is 25.1 Å². The van der Waals surface area contributed by atoms with E-state index in [1.165, 1.54) is 5.69 Å². The van der Waals surface area contributed by atoms with Gasteiger partial charge in [-0.25, -0.2) is 0 Å². The Morgan fingerprint density at radius 1 is 1.71 bits per heavy atom. The smallest absolute Gasteiger partial charge is 0.0719 e. The molecule has 0 radical (unpaired) electrons. The van der Waals surface area contributed by atoms with Gasteiger partial charge < -0.3 is 0 Å². The molecule has 0 saturated carbocycles. The largest absolute Gasteiger partial charge is 0.271 e. The summed E-state index contributed by atoms with van der Waals surface area (Å²) in [7, 11) is 0. The maximum Gasteiger partial charge on any atom is 0.0719 e. The summed E-state index contributed by atoms with van der Waals surface area (Å²) in [5.74, 6) is 6.47. The third kappa shape index (κ3) is 2.73. The number of aryl methyl sites for hydroxylation is 1. The lowest BCUT2D eigenvalue weighted by Crippen LogP contribution is -2.31. The van der Waals surface area contributed by atoms with Gasteiger partial charge in [-0.05, 0) is 18.7 Å². The fraction of sp³-hybridized carbons (Fsp3) is 0.667. The summed E-state index contributed by atoms with van der Waals surface area (Å²) in [6, 6.07) is 2.22. The second kappa shape index (κ2) is 6.06. The van der Waals surface area contributed by atoms with Crippen molar-refractivity contribution in [3.63, 3.8) is 0 Å². The fourth-order valence-corrected chi connectivity index (χ4v) is 2.02. The Hall–Kier alpha value is -0.520. The Labute approximate surface area is 89.2 Å². The molecular formula is C9H18N4S. The summed E-state index contributed by atoms with van der Waals surface area (Å²) in [6.07, 6.45) is 4.99. The minimum Gasteiger partial charge on any atom is -0.271 e. The van der Waals surface area contributed by atoms with Crippen LogP contribution in [0.2, 0.25) is 0 Å². The van der Waals surface area contributed by atoms with E-state index in [0.717, 1.165) is 18.7 Å². The molecule has 0 bridgehead atoms. The first-order valence-electron chi connectivity index (χ1n) is 4.80. The molecule has 1 rings (SSSR count). The lowest BCUT2D eigenvalue weighted by molar-refractivity contribution is 0.509. The monoisotopic (exact) mass is 214 g/mol. The van der Waals surface area contributed by atoms with Crippen LogP contribution in [0.4, 0.5) is 0 Å². The third-order valence-electron chi connectivity index (χ3n) is 2.08. The van der Waals surface area contributed by atoms with Crippen LogP contribution in [0.5, 0.6) is 0 Å². The van der Waals surface area contributed by atoms with Gasteiger partial charge in [0.25, 0.3) is 0 Å². The highest BCUT2D eigenvalue weighted by atomic mass is 32.2. The molecular weight excluding hydrogens is 196 g/mol. The highest BCUT2D eigenvalue weighted by molar-refractivity contribution is 7.98. The van der Waals surface area contributed by atoms with E-state index in [-0.39, 0.29) is 6.04 Å². The Morgan fingerprint density at radius 2 is 2.50 bits per heavy atom. The molecule has 80 valence electrons. The number of hydrazine groups is 1. The number of aromatic nitrogens is 2. The highest BCUT2D eigenvalue weighted by Gasteiger charge is 2.13. The number of rotatable bonds is 6. The summed E-state index contributed by atoms with van der Waals surface area (Å²) >= 11 is 1.78. The second-order valence-electron chi connectivity index (χ2n) is 3.15. The first-order valence-corrected chi connectivity index (χ1v) is 6.19. The average Bonchev–Trinajstić information content (AvgIpc) is 2.63. The van der Waals surface area contributed by atoms with Crippen LogP contribution in [-0.4, -0.2) is 21.8 Å². The van der Waals surface area contributed by atoms with Gasteiger partial charge in [0.15, 0.2) is 0 Å². The van der Waals surface area contributed by atoms with Gasteiger partial charge in [0.1, 0.15) is 0 Å². The quantitative estimate of drug-likeness (QED) is 0.551. The van der Waals surface area contributed by atoms with Gasteiger partial charge in [-0.3, -0.25) is 16.0 Å². The Morgan fingerprint density at radius 3 is 3.07 bits per heavy atom. The number of thioether (sulfide) groups is 1. The lowest BCUT2D eigenvalue weighted by atomic mass is 10.2. The van der Waals surface area contributed by atoms with Crippen LogP contribution in [0.3, 0.4) is 0 Å². The van der Waals surface area contributed by atoms with Gasteiger partial charge >= 0.3 is 0 Å². The first kappa shape index (κ1) is 11.6. The molecule has 0 amide bonds. The predicted octanol–water partition coefficient (Wildman–Crippen LogP) is 1.16. The van der Waals surface area contributed by atoms with E-state index in [1.54, 1.807) is 11.8 Å². The van der Waals surface area contributed by atoms with Crippen molar-refractivity contribution in [2.45, 2.75) is 25.9 Å². The van der Waals surface area contributed by atoms with Crippen molar-refractivity contribution in [3.05, 3.63) is 18.0 Å². The van der Waals surface area contributed by atoms with Crippen LogP contribution in [-0.2, 0) is 6.54 Å². The van der Waals surface area contributed by atoms with Gasteiger partial charge in [0.2, 0.25) is 0 Å². The van der Waals surface area contributed by atoms with Gasteiger partial charge in [-0.15, -0.1) is 0 Å². The standard InChI is InChI=1S/C9H18N4S/c1-3-6-13-9(4-5-11-13)8(12-10)7-14-2/h4-5,8,12H,3,6-7,10H2,1-2H3. The van der Waals surface area contributed by atoms with Crippen molar-refractivity contribution in [1.82, 2.24) is 15.2 Å². The molecule has 1 heterocycles. The molecule has 0 aromatic carbocycles. The molecule has 0 aliphatic heterocycles. The van der Waals surface area contributed by atoms with Crippen molar-refractivity contribution < 1.29 is 0 Å². The Balaban J connectivity index is 2.74. The van der Waals surface area contributed by atoms with E-state index in [2.05, 4.69) is 23.7 Å². The minimum atomic E-state index is 0.194. The van der Waals surface area contributed by atoms with Crippen LogP contribution < -0.4 is 11.3 Å². The van der Waals surface area contributed by atoms with E-state index >= 15 is 0 Å². The van der Waals surface area contributed by atoms with Gasteiger partial charge in [-0.1, -0.05) is 6.92 Å². The summed E-state index contributed by atoms with van der Waals surface area (Å²) in [6.45, 7) is 3.10. The molecule has 3 N–H and O–H groups in total. The number of hydrogen-bond donors (Lipinski definition) is 2. The number of nitrogens with one attached hydrogen (secondary N) is 1. The van der Waals surface area contributed by atoms with Gasteiger partial charge in [0.05, 0.1) is 11.7 Å². The van der Waals surface area contributed by atoms with E-state index in [9.17, 15) is 0 Å². The molecule has 0 aliphatic rings. The van der Waals surface area contributed by atoms with Crippen molar-refractivity contribution in [3.8, 4) is 0 Å². The molecule has 0 fully saturated rings. The number of nitrogens with two attached hydrogens (primary N) is 1. The maximum absolute atomic E-state index is 5.51. The summed E-state index contributed by atoms with van der Waals surface area (Å²) in [5, 5.41) is 4.27. The molecule has 0 saturated heterocycles. The SMILES string of the molecule is CCCn1nccc1C(CSC)NN. The zero-order valence-corrected chi connectivity index (χ0v) is 9.55. The van der Waals surface area contributed by atoms with Crippen LogP contribution in [0.15, 0.2) is 12.3 Å². The first-order chi connectivity index (χ1) is 6.83. The maximum atomic E-state index is 5.51. The number of hydrogen-bond acceptors (Lipinski definition) is 4. The molecule has 0 aliphatic carbocycles. The van der Waals surface area contributed by atoms with Gasteiger partial charge in [-0.2, -0.15) is 16.9 Å². The zero-order chi connectivity index (χ0) is 10.4. The summed E-state index contributed by atoms with van der Waals surface area (Å²) < 4.78 is 2.01. The zero-order valence-electron chi connectivity index (χ0n) is 8.73. The van der Waals surface area contributed by atoms with Crippen LogP contribution >= 0.6 is 11.8 Å². The van der Waals surface area contributed by atoms with Gasteiger partial charge in [0, 0.05) is 18.5 Å². The van der Waals surface area contributed by atoms with Crippen molar-refractivity contribution >= 4 is 11.8 Å². The van der Waals surface area contributed by atoms with E-state index in [1.807, 2.05) is 16.9 Å². The van der Waals surface area contributed by atoms with E-state index < -0.39 is 0 Å². The van der Waals surface area contributed by atoms with Crippen molar-refractivity contribution in [2.24, 2.45) is 5.84 Å². The van der Waals surface area contributed by atoms with Crippen molar-refractivity contribution in [1.29, 1.82) is 0 Å². The van der Waals surface area contributed by atoms with E-state index in [4.69, 9.17) is 5.84 Å². The Bertz CT molecular complexity index is 261. The highest BCUT2D eigenvalue weighted by Crippen LogP contribution is 2.15. The summed E-state index contributed by atoms with van der Waals surface area (Å²) in [5.41, 5.74) is 3.99. The predicted molar refractivity (Wildman–Crippen MR) is 61.0 cm³/mol. The second-order valence-corrected chi connectivity index (χ2v) is 4.06. The molecule has 1 aromatic rings. The molecule has 1 aromatic heterocycles. The number of nitrogens with zero attached hydrogens (tertiary/aromatic N) is 2. The topological polar surface area (TPSA) is 55.9 Å². The lowest BCUT2D eigenvalue weighted by Gasteiger charge is -2.16. The molecule has 4 nitrogen and oxygen atoms in total. The van der Waals surface area contributed by atoms with Crippen LogP contribution in [0, 0.1) is 0 Å². The molecule has 5 heteroatoms. The minimum absolute atomic E-state index is 0.194. The molecule has 1 atom stereocenters. The third-order valence-corrected chi connectivity index (χ3v) is 2.74. The average molecular weight is 214 g/mol. The summed E-state index contributed by atoms with van der Waals surface area (Å²) in [4.78, 5) is 0.